The van der Waals surface area contributed by atoms with Crippen LogP contribution in [0.2, 0.25) is 5.28 Å². The van der Waals surface area contributed by atoms with E-state index in [4.69, 9.17) is 20.8 Å². The summed E-state index contributed by atoms with van der Waals surface area (Å²) >= 11 is 5.91. The number of ether oxygens (including phenoxy) is 1. The van der Waals surface area contributed by atoms with E-state index in [0.717, 1.165) is 6.26 Å². The number of methoxy groups -OCH3 is 1. The molecule has 0 aromatic carbocycles. The number of anilines is 1. The molecule has 0 amide bonds. The normalized spacial score (nSPS) is 10.9. The number of sulfonamides is 1. The summed E-state index contributed by atoms with van der Waals surface area (Å²) in [5.41, 5.74) is 2.04. The first-order valence-corrected chi connectivity index (χ1v) is 9.57. The van der Waals surface area contributed by atoms with E-state index in [1.54, 1.807) is 6.07 Å². The Bertz CT molecular complexity index is 988. The van der Waals surface area contributed by atoms with Gasteiger partial charge in [-0.1, -0.05) is 13.8 Å². The van der Waals surface area contributed by atoms with Crippen molar-refractivity contribution in [3.8, 4) is 17.1 Å². The van der Waals surface area contributed by atoms with Crippen LogP contribution >= 0.6 is 11.6 Å². The monoisotopic (exact) mass is 384 g/mol. The topological polar surface area (TPSA) is 107 Å². The molecule has 3 aromatic rings. The standard InChI is InChI=1S/C13H11ClN4O4S.C2H6/c1-21-12-9(18-23(2,19)20)5-7(6-15-12)10-11-8(3-4-22-11)16-13(14)17-10;1-2/h3-6,18H,1-2H3;1-2H3. The molecule has 0 aliphatic rings. The number of nitrogens with one attached hydrogen (secondary N) is 1. The van der Waals surface area contributed by atoms with Gasteiger partial charge in [0.05, 0.1) is 19.6 Å². The molecular formula is C15H17ClN4O4S. The number of rotatable bonds is 4. The zero-order valence-electron chi connectivity index (χ0n) is 14.1. The fraction of sp³-hybridized carbons (Fsp3) is 0.267. The maximum Gasteiger partial charge on any atom is 0.238 e. The lowest BCUT2D eigenvalue weighted by molar-refractivity contribution is 0.400. The molecule has 134 valence electrons. The van der Waals surface area contributed by atoms with Gasteiger partial charge in [-0.15, -0.1) is 0 Å². The highest BCUT2D eigenvalue weighted by Crippen LogP contribution is 2.32. The summed E-state index contributed by atoms with van der Waals surface area (Å²) in [7, 11) is -2.11. The van der Waals surface area contributed by atoms with Crippen LogP contribution < -0.4 is 9.46 Å². The van der Waals surface area contributed by atoms with Crippen LogP contribution in [0.3, 0.4) is 0 Å². The Morgan fingerprint density at radius 1 is 1.28 bits per heavy atom. The molecule has 3 heterocycles. The number of pyridine rings is 1. The van der Waals surface area contributed by atoms with E-state index < -0.39 is 10.0 Å². The van der Waals surface area contributed by atoms with Gasteiger partial charge in [0.15, 0.2) is 5.58 Å². The predicted octanol–water partition coefficient (Wildman–Crippen LogP) is 3.34. The van der Waals surface area contributed by atoms with Gasteiger partial charge in [0.25, 0.3) is 0 Å². The first kappa shape index (κ1) is 18.9. The Hall–Kier alpha value is -2.39. The van der Waals surface area contributed by atoms with Crippen LogP contribution in [0.15, 0.2) is 29.0 Å². The summed E-state index contributed by atoms with van der Waals surface area (Å²) in [6.45, 7) is 4.00. The third-order valence-corrected chi connectivity index (χ3v) is 3.65. The molecule has 0 fully saturated rings. The van der Waals surface area contributed by atoms with Gasteiger partial charge in [-0.2, -0.15) is 0 Å². The van der Waals surface area contributed by atoms with Crippen LogP contribution in [0.25, 0.3) is 22.4 Å². The summed E-state index contributed by atoms with van der Waals surface area (Å²) in [6.07, 6.45) is 3.98. The van der Waals surface area contributed by atoms with Gasteiger partial charge in [0.1, 0.15) is 16.9 Å². The van der Waals surface area contributed by atoms with E-state index >= 15 is 0 Å². The van der Waals surface area contributed by atoms with Crippen LogP contribution in [-0.4, -0.2) is 36.7 Å². The molecule has 0 aliphatic carbocycles. The molecule has 0 bridgehead atoms. The van der Waals surface area contributed by atoms with Gasteiger partial charge >= 0.3 is 0 Å². The summed E-state index contributed by atoms with van der Waals surface area (Å²) in [5.74, 6) is 0.134. The first-order chi connectivity index (χ1) is 11.9. The average Bonchev–Trinajstić information content (AvgIpc) is 3.02. The second kappa shape index (κ2) is 7.66. The molecule has 0 saturated heterocycles. The minimum absolute atomic E-state index is 0.0438. The Kier molecular flexibility index (Phi) is 5.81. The smallest absolute Gasteiger partial charge is 0.238 e. The molecule has 1 N–H and O–H groups in total. The highest BCUT2D eigenvalue weighted by atomic mass is 35.5. The fourth-order valence-electron chi connectivity index (χ4n) is 2.05. The zero-order valence-corrected chi connectivity index (χ0v) is 15.6. The minimum Gasteiger partial charge on any atom is -0.480 e. The molecule has 10 heteroatoms. The number of halogens is 1. The summed E-state index contributed by atoms with van der Waals surface area (Å²) < 4.78 is 35.7. The molecule has 0 spiro atoms. The van der Waals surface area contributed by atoms with Crippen molar-refractivity contribution in [3.05, 3.63) is 29.9 Å². The van der Waals surface area contributed by atoms with Crippen molar-refractivity contribution < 1.29 is 17.6 Å². The van der Waals surface area contributed by atoms with Crippen LogP contribution in [0.1, 0.15) is 13.8 Å². The van der Waals surface area contributed by atoms with E-state index in [0.29, 0.717) is 22.4 Å². The molecule has 0 saturated carbocycles. The average molecular weight is 385 g/mol. The summed E-state index contributed by atoms with van der Waals surface area (Å²) in [6, 6.07) is 3.19. The number of hydrogen-bond donors (Lipinski definition) is 1. The first-order valence-electron chi connectivity index (χ1n) is 7.30. The highest BCUT2D eigenvalue weighted by molar-refractivity contribution is 7.92. The third kappa shape index (κ3) is 4.37. The van der Waals surface area contributed by atoms with Crippen molar-refractivity contribution in [2.75, 3.05) is 18.1 Å². The van der Waals surface area contributed by atoms with Crippen molar-refractivity contribution >= 4 is 38.4 Å². The highest BCUT2D eigenvalue weighted by Gasteiger charge is 2.16. The molecule has 3 aromatic heterocycles. The minimum atomic E-state index is -3.50. The van der Waals surface area contributed by atoms with Crippen LogP contribution in [0.4, 0.5) is 5.69 Å². The van der Waals surface area contributed by atoms with Gasteiger partial charge in [-0.3, -0.25) is 4.72 Å². The molecule has 0 atom stereocenters. The predicted molar refractivity (Wildman–Crippen MR) is 96.4 cm³/mol. The van der Waals surface area contributed by atoms with Gasteiger partial charge in [0.2, 0.25) is 21.2 Å². The van der Waals surface area contributed by atoms with Crippen molar-refractivity contribution in [1.82, 2.24) is 15.0 Å². The number of fused-ring (bicyclic) bond motifs is 1. The molecule has 0 unspecified atom stereocenters. The summed E-state index contributed by atoms with van der Waals surface area (Å²) in [5, 5.41) is 0.0438. The van der Waals surface area contributed by atoms with Crippen LogP contribution in [0, 0.1) is 0 Å². The van der Waals surface area contributed by atoms with Gasteiger partial charge in [-0.05, 0) is 17.7 Å². The Balaban J connectivity index is 0.00000109. The zero-order chi connectivity index (χ0) is 18.6. The van der Waals surface area contributed by atoms with Crippen molar-refractivity contribution in [3.63, 3.8) is 0 Å². The van der Waals surface area contributed by atoms with Crippen molar-refractivity contribution in [2.45, 2.75) is 13.8 Å². The molecular weight excluding hydrogens is 368 g/mol. The maximum absolute atomic E-state index is 11.5. The maximum atomic E-state index is 11.5. The Morgan fingerprint density at radius 3 is 2.64 bits per heavy atom. The molecule has 0 radical (unpaired) electrons. The number of hydrogen-bond acceptors (Lipinski definition) is 7. The quantitative estimate of drug-likeness (QED) is 0.687. The fourth-order valence-corrected chi connectivity index (χ4v) is 2.77. The van der Waals surface area contributed by atoms with E-state index in [-0.39, 0.29) is 16.9 Å². The SMILES string of the molecule is CC.COc1ncc(-c2nc(Cl)nc3ccoc23)cc1NS(C)(=O)=O. The van der Waals surface area contributed by atoms with Crippen LogP contribution in [-0.2, 0) is 10.0 Å². The number of aromatic nitrogens is 3. The van der Waals surface area contributed by atoms with E-state index in [1.807, 2.05) is 13.8 Å². The second-order valence-electron chi connectivity index (χ2n) is 4.63. The molecule has 3 rings (SSSR count). The number of furan rings is 1. The van der Waals surface area contributed by atoms with Crippen molar-refractivity contribution in [1.29, 1.82) is 0 Å². The summed E-state index contributed by atoms with van der Waals surface area (Å²) in [4.78, 5) is 12.3. The number of nitrogens with zero attached hydrogens (tertiary/aromatic N) is 3. The van der Waals surface area contributed by atoms with Gasteiger partial charge < -0.3 is 9.15 Å². The van der Waals surface area contributed by atoms with Crippen LogP contribution in [0.5, 0.6) is 5.88 Å². The van der Waals surface area contributed by atoms with E-state index in [1.165, 1.54) is 25.6 Å². The Labute approximate surface area is 150 Å². The lowest BCUT2D eigenvalue weighted by Crippen LogP contribution is -2.11. The van der Waals surface area contributed by atoms with E-state index in [9.17, 15) is 8.42 Å². The largest absolute Gasteiger partial charge is 0.480 e. The third-order valence-electron chi connectivity index (χ3n) is 2.89. The van der Waals surface area contributed by atoms with Crippen molar-refractivity contribution in [2.24, 2.45) is 0 Å². The van der Waals surface area contributed by atoms with Gasteiger partial charge in [-0.25, -0.2) is 23.4 Å². The second-order valence-corrected chi connectivity index (χ2v) is 6.72. The van der Waals surface area contributed by atoms with Gasteiger partial charge in [0, 0.05) is 17.8 Å². The molecule has 25 heavy (non-hydrogen) atoms. The molecule has 0 aliphatic heterocycles. The van der Waals surface area contributed by atoms with E-state index in [2.05, 4.69) is 19.7 Å². The Morgan fingerprint density at radius 2 is 2.00 bits per heavy atom. The lowest BCUT2D eigenvalue weighted by Gasteiger charge is -2.10. The lowest BCUT2D eigenvalue weighted by atomic mass is 10.1. The molecule has 8 nitrogen and oxygen atoms in total.